The van der Waals surface area contributed by atoms with E-state index in [4.69, 9.17) is 4.98 Å². The molecular formula is C30H34BrN11. The van der Waals surface area contributed by atoms with Gasteiger partial charge in [0.1, 0.15) is 17.7 Å². The average Bonchev–Trinajstić information content (AvgIpc) is 3.01. The lowest BCUT2D eigenvalue weighted by atomic mass is 10.0. The van der Waals surface area contributed by atoms with Crippen molar-refractivity contribution < 1.29 is 0 Å². The van der Waals surface area contributed by atoms with Crippen LogP contribution in [0.5, 0.6) is 0 Å². The van der Waals surface area contributed by atoms with Gasteiger partial charge in [-0.25, -0.2) is 9.97 Å². The fourth-order valence-corrected chi connectivity index (χ4v) is 6.10. The number of pyridine rings is 1. The van der Waals surface area contributed by atoms with Crippen LogP contribution in [-0.4, -0.2) is 87.1 Å². The van der Waals surface area contributed by atoms with Crippen LogP contribution in [0, 0.1) is 25.2 Å². The zero-order valence-electron chi connectivity index (χ0n) is 24.1. The molecule has 2 N–H and O–H groups in total. The number of hydrogen-bond acceptors (Lipinski definition) is 11. The lowest BCUT2D eigenvalue weighted by Gasteiger charge is -2.42. The molecule has 1 aromatic carbocycles. The molecule has 11 nitrogen and oxygen atoms in total. The van der Waals surface area contributed by atoms with Crippen LogP contribution in [0.2, 0.25) is 0 Å². The summed E-state index contributed by atoms with van der Waals surface area (Å²) in [5.74, 6) is 1.82. The molecular weight excluding hydrogens is 594 g/mol. The lowest BCUT2D eigenvalue weighted by Crippen LogP contribution is -2.52. The first-order valence-electron chi connectivity index (χ1n) is 14.3. The van der Waals surface area contributed by atoms with Crippen LogP contribution >= 0.6 is 15.9 Å². The Morgan fingerprint density at radius 3 is 2.45 bits per heavy atom. The molecule has 42 heavy (non-hydrogen) atoms. The summed E-state index contributed by atoms with van der Waals surface area (Å²) in [6, 6.07) is 8.75. The smallest absolute Gasteiger partial charge is 0.229 e. The topological polar surface area (TPSA) is 122 Å². The molecule has 2 aliphatic rings. The first-order valence-corrected chi connectivity index (χ1v) is 15.0. The largest absolute Gasteiger partial charge is 0.356 e. The van der Waals surface area contributed by atoms with Gasteiger partial charge in [-0.05, 0) is 73.4 Å². The fourth-order valence-electron chi connectivity index (χ4n) is 5.81. The minimum Gasteiger partial charge on any atom is -0.356 e. The van der Waals surface area contributed by atoms with Crippen molar-refractivity contribution in [1.29, 1.82) is 5.26 Å². The van der Waals surface area contributed by atoms with Crippen LogP contribution in [0.15, 0.2) is 41.3 Å². The van der Waals surface area contributed by atoms with Gasteiger partial charge in [0.25, 0.3) is 0 Å². The molecule has 0 spiro atoms. The fraction of sp³-hybridized carbons (Fsp3) is 0.400. The standard InChI is InChI=1S/C30H34BrN11/c1-19-16-25(26(17-32)37-29(19)42-10-6-21(7-11-42)41-14-12-40(3)13-15-41)38-30-35-18-22(31)28(39-30)36-23-4-5-24-27(20(23)2)34-9-8-33-24/h4-5,8-9,16,18,21H,6-7,10-15H2,1-3H3,(H2,35,36,38,39). The van der Waals surface area contributed by atoms with E-state index in [9.17, 15) is 5.26 Å². The Bertz CT molecular complexity index is 1640. The number of hydrogen-bond donors (Lipinski definition) is 2. The van der Waals surface area contributed by atoms with Crippen molar-refractivity contribution in [3.8, 4) is 6.07 Å². The third-order valence-corrected chi connectivity index (χ3v) is 8.83. The van der Waals surface area contributed by atoms with E-state index < -0.39 is 0 Å². The first kappa shape index (κ1) is 28.2. The number of nitrogens with one attached hydrogen (secondary N) is 2. The molecule has 2 saturated heterocycles. The Kier molecular flexibility index (Phi) is 8.15. The van der Waals surface area contributed by atoms with Gasteiger partial charge in [0.2, 0.25) is 5.95 Å². The van der Waals surface area contributed by atoms with Crippen molar-refractivity contribution in [2.75, 3.05) is 61.8 Å². The van der Waals surface area contributed by atoms with Crippen LogP contribution in [0.1, 0.15) is 29.7 Å². The van der Waals surface area contributed by atoms with Crippen molar-refractivity contribution in [3.63, 3.8) is 0 Å². The number of nitriles is 1. The lowest BCUT2D eigenvalue weighted by molar-refractivity contribution is 0.0981. The van der Waals surface area contributed by atoms with Crippen LogP contribution < -0.4 is 15.5 Å². The number of fused-ring (bicyclic) bond motifs is 1. The van der Waals surface area contributed by atoms with E-state index in [0.29, 0.717) is 33.7 Å². The molecule has 216 valence electrons. The van der Waals surface area contributed by atoms with Crippen molar-refractivity contribution in [2.45, 2.75) is 32.7 Å². The van der Waals surface area contributed by atoms with E-state index in [1.807, 2.05) is 32.0 Å². The van der Waals surface area contributed by atoms with Gasteiger partial charge >= 0.3 is 0 Å². The van der Waals surface area contributed by atoms with E-state index in [1.165, 1.54) is 0 Å². The van der Waals surface area contributed by atoms with Gasteiger partial charge in [-0.2, -0.15) is 10.2 Å². The summed E-state index contributed by atoms with van der Waals surface area (Å²) in [4.78, 5) is 30.1. The molecule has 5 heterocycles. The second-order valence-electron chi connectivity index (χ2n) is 11.0. The van der Waals surface area contributed by atoms with Crippen molar-refractivity contribution in [1.82, 2.24) is 34.7 Å². The second kappa shape index (κ2) is 12.1. The summed E-state index contributed by atoms with van der Waals surface area (Å²) in [6.07, 6.45) is 7.27. The summed E-state index contributed by atoms with van der Waals surface area (Å²) >= 11 is 3.55. The monoisotopic (exact) mass is 627 g/mol. The maximum Gasteiger partial charge on any atom is 0.229 e. The third kappa shape index (κ3) is 5.86. The Balaban J connectivity index is 1.17. The molecule has 0 saturated carbocycles. The molecule has 4 aromatic rings. The first-order chi connectivity index (χ1) is 20.4. The Morgan fingerprint density at radius 1 is 0.929 bits per heavy atom. The van der Waals surface area contributed by atoms with E-state index in [2.05, 4.69) is 74.3 Å². The van der Waals surface area contributed by atoms with Gasteiger partial charge in [-0.1, -0.05) is 0 Å². The van der Waals surface area contributed by atoms with Crippen LogP contribution in [0.3, 0.4) is 0 Å². The molecule has 0 aliphatic carbocycles. The Hall–Kier alpha value is -3.92. The maximum atomic E-state index is 10.0. The minimum atomic E-state index is 0.321. The zero-order chi connectivity index (χ0) is 29.2. The molecule has 6 rings (SSSR count). The molecule has 3 aromatic heterocycles. The number of aromatic nitrogens is 5. The highest BCUT2D eigenvalue weighted by molar-refractivity contribution is 9.10. The van der Waals surface area contributed by atoms with Crippen LogP contribution in [0.4, 0.5) is 29.0 Å². The summed E-state index contributed by atoms with van der Waals surface area (Å²) in [5.41, 5.74) is 5.41. The molecule has 12 heteroatoms. The molecule has 0 unspecified atom stereocenters. The Labute approximate surface area is 254 Å². The zero-order valence-corrected chi connectivity index (χ0v) is 25.7. The quantitative estimate of drug-likeness (QED) is 0.307. The normalized spacial score (nSPS) is 16.9. The highest BCUT2D eigenvalue weighted by Gasteiger charge is 2.28. The summed E-state index contributed by atoms with van der Waals surface area (Å²) in [5, 5.41) is 16.6. The highest BCUT2D eigenvalue weighted by Crippen LogP contribution is 2.31. The number of aryl methyl sites for hydroxylation is 2. The van der Waals surface area contributed by atoms with Gasteiger partial charge in [0.05, 0.1) is 21.2 Å². The molecule has 0 amide bonds. The minimum absolute atomic E-state index is 0.321. The van der Waals surface area contributed by atoms with E-state index in [1.54, 1.807) is 18.6 Å². The number of rotatable bonds is 6. The molecule has 0 atom stereocenters. The number of nitrogens with zero attached hydrogens (tertiary/aromatic N) is 9. The average molecular weight is 629 g/mol. The van der Waals surface area contributed by atoms with Gasteiger partial charge in [0, 0.05) is 75.2 Å². The summed E-state index contributed by atoms with van der Waals surface area (Å²) in [6.45, 7) is 10.5. The molecule has 2 aliphatic heterocycles. The van der Waals surface area contributed by atoms with Gasteiger partial charge in [-0.15, -0.1) is 0 Å². The number of piperazine rings is 1. The number of anilines is 5. The predicted octanol–water partition coefficient (Wildman–Crippen LogP) is 4.77. The maximum absolute atomic E-state index is 10.0. The van der Waals surface area contributed by atoms with Crippen LogP contribution in [0.25, 0.3) is 11.0 Å². The van der Waals surface area contributed by atoms with Gasteiger partial charge in [-0.3, -0.25) is 14.9 Å². The molecule has 2 fully saturated rings. The summed E-state index contributed by atoms with van der Waals surface area (Å²) < 4.78 is 0.705. The number of likely N-dealkylation sites (N-methyl/N-ethyl adjacent to an activating group) is 1. The van der Waals surface area contributed by atoms with E-state index in [0.717, 1.165) is 85.8 Å². The number of piperidine rings is 1. The van der Waals surface area contributed by atoms with Crippen molar-refractivity contribution >= 4 is 55.9 Å². The summed E-state index contributed by atoms with van der Waals surface area (Å²) in [7, 11) is 2.20. The van der Waals surface area contributed by atoms with E-state index >= 15 is 0 Å². The van der Waals surface area contributed by atoms with Crippen LogP contribution in [-0.2, 0) is 0 Å². The van der Waals surface area contributed by atoms with Crippen molar-refractivity contribution in [3.05, 3.63) is 58.1 Å². The number of benzene rings is 1. The predicted molar refractivity (Wildman–Crippen MR) is 169 cm³/mol. The molecule has 0 bridgehead atoms. The SMILES string of the molecule is Cc1cc(Nc2ncc(Br)c(Nc3ccc4nccnc4c3C)n2)c(C#N)nc1N1CCC(N2CCN(C)CC2)CC1. The van der Waals surface area contributed by atoms with Gasteiger partial charge in [0.15, 0.2) is 5.69 Å². The third-order valence-electron chi connectivity index (χ3n) is 8.25. The van der Waals surface area contributed by atoms with E-state index in [-0.39, 0.29) is 0 Å². The number of halogens is 1. The highest BCUT2D eigenvalue weighted by atomic mass is 79.9. The second-order valence-corrected chi connectivity index (χ2v) is 11.9. The molecule has 0 radical (unpaired) electrons. The van der Waals surface area contributed by atoms with Gasteiger partial charge < -0.3 is 20.4 Å². The van der Waals surface area contributed by atoms with Crippen molar-refractivity contribution in [2.24, 2.45) is 0 Å². The Morgan fingerprint density at radius 2 is 1.69 bits per heavy atom.